The summed E-state index contributed by atoms with van der Waals surface area (Å²) in [4.78, 5) is 0. The molecule has 2 heteroatoms. The summed E-state index contributed by atoms with van der Waals surface area (Å²) in [7, 11) is 0. The maximum Gasteiger partial charge on any atom is 0.115 e. The Hall–Kier alpha value is -1.96. The fraction of sp³-hybridized carbons (Fsp3) is 0.200. The second kappa shape index (κ2) is 4.91. The highest BCUT2D eigenvalue weighted by Gasteiger charge is 2.06. The van der Waals surface area contributed by atoms with Crippen LogP contribution < -0.4 is 5.73 Å². The zero-order chi connectivity index (χ0) is 12.3. The first kappa shape index (κ1) is 11.5. The third kappa shape index (κ3) is 3.00. The number of hydrogen-bond donors (Lipinski definition) is 2. The third-order valence-corrected chi connectivity index (χ3v) is 2.98. The Kier molecular flexibility index (Phi) is 3.33. The molecule has 1 atom stereocenters. The minimum atomic E-state index is 0.313. The summed E-state index contributed by atoms with van der Waals surface area (Å²) < 4.78 is 0. The van der Waals surface area contributed by atoms with E-state index in [2.05, 4.69) is 19.1 Å². The molecule has 3 N–H and O–H groups in total. The van der Waals surface area contributed by atoms with Gasteiger partial charge in [0.1, 0.15) is 5.75 Å². The van der Waals surface area contributed by atoms with Gasteiger partial charge in [-0.15, -0.1) is 0 Å². The zero-order valence-corrected chi connectivity index (χ0v) is 9.93. The summed E-state index contributed by atoms with van der Waals surface area (Å²) in [5.74, 6) is 0.743. The van der Waals surface area contributed by atoms with Crippen molar-refractivity contribution in [2.45, 2.75) is 19.3 Å². The van der Waals surface area contributed by atoms with E-state index in [0.717, 1.165) is 12.1 Å². The summed E-state index contributed by atoms with van der Waals surface area (Å²) in [6.07, 6.45) is 0.977. The number of nitrogen functional groups attached to an aromatic ring is 1. The molecule has 0 aliphatic rings. The molecule has 0 bridgehead atoms. The summed E-state index contributed by atoms with van der Waals surface area (Å²) >= 11 is 0. The zero-order valence-electron chi connectivity index (χ0n) is 9.93. The van der Waals surface area contributed by atoms with Crippen LogP contribution in [0.1, 0.15) is 24.0 Å². The number of rotatable bonds is 3. The van der Waals surface area contributed by atoms with Crippen LogP contribution in [0.15, 0.2) is 48.5 Å². The maximum atomic E-state index is 9.24. The van der Waals surface area contributed by atoms with Crippen LogP contribution in [-0.4, -0.2) is 5.11 Å². The van der Waals surface area contributed by atoms with E-state index in [9.17, 15) is 5.11 Å². The monoisotopic (exact) mass is 227 g/mol. The predicted octanol–water partition coefficient (Wildman–Crippen LogP) is 3.32. The van der Waals surface area contributed by atoms with Gasteiger partial charge < -0.3 is 10.8 Å². The molecule has 2 aromatic rings. The molecular weight excluding hydrogens is 210 g/mol. The van der Waals surface area contributed by atoms with Crippen molar-refractivity contribution >= 4 is 5.69 Å². The number of phenols is 1. The molecule has 0 fully saturated rings. The molecule has 88 valence electrons. The second-order valence-electron chi connectivity index (χ2n) is 4.44. The van der Waals surface area contributed by atoms with Gasteiger partial charge in [-0.05, 0) is 47.7 Å². The number of hydrogen-bond acceptors (Lipinski definition) is 2. The highest BCUT2D eigenvalue weighted by molar-refractivity contribution is 5.40. The molecule has 0 saturated carbocycles. The fourth-order valence-corrected chi connectivity index (χ4v) is 1.93. The Bertz CT molecular complexity index is 473. The molecule has 1 unspecified atom stereocenters. The number of nitrogens with two attached hydrogens (primary N) is 1. The first-order chi connectivity index (χ1) is 8.15. The molecule has 0 aliphatic heterocycles. The Labute approximate surface area is 102 Å². The number of benzene rings is 2. The Morgan fingerprint density at radius 1 is 1.00 bits per heavy atom. The van der Waals surface area contributed by atoms with Crippen molar-refractivity contribution in [2.24, 2.45) is 0 Å². The lowest BCUT2D eigenvalue weighted by Crippen LogP contribution is -1.98. The van der Waals surface area contributed by atoms with E-state index in [4.69, 9.17) is 5.73 Å². The van der Waals surface area contributed by atoms with Crippen molar-refractivity contribution < 1.29 is 5.11 Å². The van der Waals surface area contributed by atoms with E-state index < -0.39 is 0 Å². The molecule has 0 spiro atoms. The van der Waals surface area contributed by atoms with Gasteiger partial charge in [0, 0.05) is 5.69 Å². The van der Waals surface area contributed by atoms with Crippen LogP contribution in [0.4, 0.5) is 5.69 Å². The molecule has 2 rings (SSSR count). The second-order valence-corrected chi connectivity index (χ2v) is 4.44. The van der Waals surface area contributed by atoms with Crippen molar-refractivity contribution in [3.05, 3.63) is 59.7 Å². The van der Waals surface area contributed by atoms with Gasteiger partial charge in [0.05, 0.1) is 0 Å². The van der Waals surface area contributed by atoms with Crippen molar-refractivity contribution in [2.75, 3.05) is 5.73 Å². The lowest BCUT2D eigenvalue weighted by atomic mass is 9.94. The number of phenolic OH excluding ortho intramolecular Hbond substituents is 1. The fourth-order valence-electron chi connectivity index (χ4n) is 1.93. The van der Waals surface area contributed by atoms with Gasteiger partial charge in [0.2, 0.25) is 0 Å². The standard InChI is InChI=1S/C15H17NO/c1-11(13-4-8-15(17)9-5-13)10-12-2-6-14(16)7-3-12/h2-9,11,17H,10,16H2,1H3. The average Bonchev–Trinajstić information content (AvgIpc) is 2.33. The van der Waals surface area contributed by atoms with Gasteiger partial charge in [0.25, 0.3) is 0 Å². The minimum absolute atomic E-state index is 0.313. The first-order valence-corrected chi connectivity index (χ1v) is 5.78. The average molecular weight is 227 g/mol. The van der Waals surface area contributed by atoms with Crippen molar-refractivity contribution in [3.8, 4) is 5.75 Å². The van der Waals surface area contributed by atoms with Crippen LogP contribution in [-0.2, 0) is 6.42 Å². The van der Waals surface area contributed by atoms with Crippen LogP contribution >= 0.6 is 0 Å². The van der Waals surface area contributed by atoms with Crippen LogP contribution in [0, 0.1) is 0 Å². The van der Waals surface area contributed by atoms with Crippen LogP contribution in [0.25, 0.3) is 0 Å². The lowest BCUT2D eigenvalue weighted by molar-refractivity contribution is 0.475. The highest BCUT2D eigenvalue weighted by Crippen LogP contribution is 2.22. The normalized spacial score (nSPS) is 12.3. The van der Waals surface area contributed by atoms with Gasteiger partial charge >= 0.3 is 0 Å². The highest BCUT2D eigenvalue weighted by atomic mass is 16.3. The van der Waals surface area contributed by atoms with E-state index >= 15 is 0 Å². The minimum Gasteiger partial charge on any atom is -0.508 e. The summed E-state index contributed by atoms with van der Waals surface area (Å²) in [5, 5.41) is 9.24. The number of aromatic hydroxyl groups is 1. The Morgan fingerprint density at radius 2 is 1.59 bits per heavy atom. The molecule has 0 amide bonds. The quantitative estimate of drug-likeness (QED) is 0.790. The molecule has 2 aromatic carbocycles. The van der Waals surface area contributed by atoms with Crippen molar-refractivity contribution in [3.63, 3.8) is 0 Å². The smallest absolute Gasteiger partial charge is 0.115 e. The van der Waals surface area contributed by atoms with E-state index in [0.29, 0.717) is 11.7 Å². The predicted molar refractivity (Wildman–Crippen MR) is 71.1 cm³/mol. The molecule has 0 radical (unpaired) electrons. The van der Waals surface area contributed by atoms with Gasteiger partial charge in [-0.2, -0.15) is 0 Å². The molecular formula is C15H17NO. The number of anilines is 1. The third-order valence-electron chi connectivity index (χ3n) is 2.98. The molecule has 0 aliphatic carbocycles. The van der Waals surface area contributed by atoms with E-state index in [1.807, 2.05) is 24.3 Å². The summed E-state index contributed by atoms with van der Waals surface area (Å²) in [5.41, 5.74) is 8.97. The lowest BCUT2D eigenvalue weighted by Gasteiger charge is -2.12. The summed E-state index contributed by atoms with van der Waals surface area (Å²) in [6.45, 7) is 2.18. The Balaban J connectivity index is 2.08. The summed E-state index contributed by atoms with van der Waals surface area (Å²) in [6, 6.07) is 15.4. The largest absolute Gasteiger partial charge is 0.508 e. The van der Waals surface area contributed by atoms with E-state index in [1.54, 1.807) is 12.1 Å². The van der Waals surface area contributed by atoms with Crippen LogP contribution in [0.2, 0.25) is 0 Å². The van der Waals surface area contributed by atoms with Gasteiger partial charge in [-0.25, -0.2) is 0 Å². The maximum absolute atomic E-state index is 9.24. The van der Waals surface area contributed by atoms with Crippen molar-refractivity contribution in [1.82, 2.24) is 0 Å². The molecule has 17 heavy (non-hydrogen) atoms. The van der Waals surface area contributed by atoms with E-state index in [-0.39, 0.29) is 0 Å². The first-order valence-electron chi connectivity index (χ1n) is 5.78. The molecule has 2 nitrogen and oxygen atoms in total. The van der Waals surface area contributed by atoms with E-state index in [1.165, 1.54) is 11.1 Å². The van der Waals surface area contributed by atoms with Crippen LogP contribution in [0.3, 0.4) is 0 Å². The molecule has 0 aromatic heterocycles. The van der Waals surface area contributed by atoms with Gasteiger partial charge in [0.15, 0.2) is 0 Å². The SMILES string of the molecule is CC(Cc1ccc(N)cc1)c1ccc(O)cc1. The van der Waals surface area contributed by atoms with Gasteiger partial charge in [-0.3, -0.25) is 0 Å². The Morgan fingerprint density at radius 3 is 2.18 bits per heavy atom. The molecule has 0 heterocycles. The molecule has 0 saturated heterocycles. The topological polar surface area (TPSA) is 46.2 Å². The van der Waals surface area contributed by atoms with Crippen LogP contribution in [0.5, 0.6) is 5.75 Å². The van der Waals surface area contributed by atoms with Gasteiger partial charge in [-0.1, -0.05) is 31.2 Å². The van der Waals surface area contributed by atoms with Crippen molar-refractivity contribution in [1.29, 1.82) is 0 Å².